The molecule has 0 spiro atoms. The Morgan fingerprint density at radius 3 is 2.16 bits per heavy atom. The fourth-order valence-electron chi connectivity index (χ4n) is 1.59. The van der Waals surface area contributed by atoms with Gasteiger partial charge in [0.05, 0.1) is 15.6 Å². The Balaban J connectivity index is 2.58. The van der Waals surface area contributed by atoms with E-state index in [9.17, 15) is 13.2 Å². The van der Waals surface area contributed by atoms with E-state index in [1.807, 2.05) is 22.6 Å². The first-order valence-electron chi connectivity index (χ1n) is 5.11. The van der Waals surface area contributed by atoms with E-state index in [2.05, 4.69) is 0 Å². The second-order valence-corrected chi connectivity index (χ2v) is 5.80. The Kier molecular flexibility index (Phi) is 4.32. The van der Waals surface area contributed by atoms with Crippen molar-refractivity contribution in [2.24, 2.45) is 0 Å². The predicted octanol–water partition coefficient (Wildman–Crippen LogP) is 6.28. The molecule has 0 saturated carbocycles. The fourth-order valence-corrected chi connectivity index (χ4v) is 2.53. The summed E-state index contributed by atoms with van der Waals surface area (Å²) in [6, 6.07) is 8.37. The normalized spacial score (nSPS) is 11.7. The maximum atomic E-state index is 12.7. The van der Waals surface area contributed by atoms with Crippen molar-refractivity contribution in [3.8, 4) is 11.1 Å². The van der Waals surface area contributed by atoms with Gasteiger partial charge in [0.1, 0.15) is 0 Å². The number of halogens is 6. The van der Waals surface area contributed by atoms with Crippen molar-refractivity contribution in [2.75, 3.05) is 0 Å². The predicted molar refractivity (Wildman–Crippen MR) is 79.6 cm³/mol. The van der Waals surface area contributed by atoms with Crippen molar-refractivity contribution < 1.29 is 13.2 Å². The van der Waals surface area contributed by atoms with Crippen LogP contribution in [-0.4, -0.2) is 0 Å². The van der Waals surface area contributed by atoms with Crippen LogP contribution in [-0.2, 0) is 6.18 Å². The van der Waals surface area contributed by atoms with Crippen LogP contribution >= 0.6 is 45.8 Å². The zero-order valence-corrected chi connectivity index (χ0v) is 12.9. The molecule has 0 bridgehead atoms. The summed E-state index contributed by atoms with van der Waals surface area (Å²) in [6.07, 6.45) is -4.37. The molecule has 2 aromatic rings. The topological polar surface area (TPSA) is 0 Å². The molecule has 6 heteroatoms. The Bertz CT molecular complexity index is 624. The van der Waals surface area contributed by atoms with E-state index in [4.69, 9.17) is 23.2 Å². The van der Waals surface area contributed by atoms with Crippen LogP contribution in [0.2, 0.25) is 10.0 Å². The summed E-state index contributed by atoms with van der Waals surface area (Å²) in [4.78, 5) is 0. The Labute approximate surface area is 131 Å². The SMILES string of the molecule is FC(F)(F)c1ccc(I)c(-c2ccc(Cl)c(Cl)c2)c1. The number of alkyl halides is 3. The molecule has 0 radical (unpaired) electrons. The molecule has 0 heterocycles. The largest absolute Gasteiger partial charge is 0.416 e. The van der Waals surface area contributed by atoms with Gasteiger partial charge in [0.2, 0.25) is 0 Å². The second-order valence-electron chi connectivity index (χ2n) is 3.82. The minimum Gasteiger partial charge on any atom is -0.166 e. The van der Waals surface area contributed by atoms with Gasteiger partial charge in [0.15, 0.2) is 0 Å². The lowest BCUT2D eigenvalue weighted by Crippen LogP contribution is -2.05. The highest BCUT2D eigenvalue weighted by Crippen LogP contribution is 2.36. The van der Waals surface area contributed by atoms with E-state index >= 15 is 0 Å². The number of hydrogen-bond acceptors (Lipinski definition) is 0. The minimum atomic E-state index is -4.37. The van der Waals surface area contributed by atoms with Gasteiger partial charge in [0.25, 0.3) is 0 Å². The first-order chi connectivity index (χ1) is 8.79. The van der Waals surface area contributed by atoms with Gasteiger partial charge in [-0.3, -0.25) is 0 Å². The van der Waals surface area contributed by atoms with Crippen LogP contribution in [0.15, 0.2) is 36.4 Å². The molecule has 0 aromatic heterocycles. The monoisotopic (exact) mass is 416 g/mol. The Morgan fingerprint density at radius 2 is 1.58 bits per heavy atom. The molecular formula is C13H6Cl2F3I. The molecule has 0 fully saturated rings. The molecular weight excluding hydrogens is 411 g/mol. The second kappa shape index (κ2) is 5.50. The molecule has 0 atom stereocenters. The number of hydrogen-bond donors (Lipinski definition) is 0. The van der Waals surface area contributed by atoms with E-state index in [0.717, 1.165) is 12.1 Å². The van der Waals surface area contributed by atoms with Crippen LogP contribution in [0.5, 0.6) is 0 Å². The molecule has 100 valence electrons. The molecule has 2 rings (SSSR count). The van der Waals surface area contributed by atoms with Crippen molar-refractivity contribution >= 4 is 45.8 Å². The molecule has 2 aromatic carbocycles. The highest BCUT2D eigenvalue weighted by atomic mass is 127. The van der Waals surface area contributed by atoms with Gasteiger partial charge < -0.3 is 0 Å². The summed E-state index contributed by atoms with van der Waals surface area (Å²) in [7, 11) is 0. The van der Waals surface area contributed by atoms with Crippen molar-refractivity contribution in [1.29, 1.82) is 0 Å². The van der Waals surface area contributed by atoms with E-state index in [1.165, 1.54) is 6.07 Å². The number of rotatable bonds is 1. The first kappa shape index (κ1) is 14.9. The van der Waals surface area contributed by atoms with Crippen LogP contribution in [0.25, 0.3) is 11.1 Å². The smallest absolute Gasteiger partial charge is 0.166 e. The molecule has 0 aliphatic carbocycles. The van der Waals surface area contributed by atoms with Crippen LogP contribution in [0, 0.1) is 3.57 Å². The molecule has 0 N–H and O–H groups in total. The Hall–Kier alpha value is -0.460. The molecule has 0 amide bonds. The maximum absolute atomic E-state index is 12.7. The van der Waals surface area contributed by atoms with Crippen LogP contribution in [0.3, 0.4) is 0 Å². The zero-order valence-electron chi connectivity index (χ0n) is 9.23. The van der Waals surface area contributed by atoms with Crippen molar-refractivity contribution in [3.05, 3.63) is 55.6 Å². The maximum Gasteiger partial charge on any atom is 0.416 e. The zero-order chi connectivity index (χ0) is 14.2. The third kappa shape index (κ3) is 3.35. The molecule has 0 unspecified atom stereocenters. The summed E-state index contributed by atoms with van der Waals surface area (Å²) in [5, 5.41) is 0.680. The van der Waals surface area contributed by atoms with E-state index < -0.39 is 11.7 Å². The highest BCUT2D eigenvalue weighted by molar-refractivity contribution is 14.1. The van der Waals surface area contributed by atoms with Gasteiger partial charge in [-0.25, -0.2) is 0 Å². The minimum absolute atomic E-state index is 0.312. The lowest BCUT2D eigenvalue weighted by molar-refractivity contribution is -0.137. The summed E-state index contributed by atoms with van der Waals surface area (Å²) < 4.78 is 38.8. The van der Waals surface area contributed by atoms with Gasteiger partial charge in [-0.2, -0.15) is 13.2 Å². The van der Waals surface area contributed by atoms with E-state index in [0.29, 0.717) is 24.7 Å². The highest BCUT2D eigenvalue weighted by Gasteiger charge is 2.31. The quantitative estimate of drug-likeness (QED) is 0.479. The molecule has 19 heavy (non-hydrogen) atoms. The summed E-state index contributed by atoms with van der Waals surface area (Å²) >= 11 is 13.7. The van der Waals surface area contributed by atoms with Gasteiger partial charge >= 0.3 is 6.18 Å². The lowest BCUT2D eigenvalue weighted by Gasteiger charge is -2.11. The van der Waals surface area contributed by atoms with Crippen molar-refractivity contribution in [3.63, 3.8) is 0 Å². The van der Waals surface area contributed by atoms with Crippen LogP contribution in [0.1, 0.15) is 5.56 Å². The summed E-state index contributed by atoms with van der Waals surface area (Å²) in [5.74, 6) is 0. The van der Waals surface area contributed by atoms with Crippen molar-refractivity contribution in [1.82, 2.24) is 0 Å². The third-order valence-electron chi connectivity index (χ3n) is 2.52. The molecule has 0 aliphatic rings. The molecule has 0 saturated heterocycles. The summed E-state index contributed by atoms with van der Waals surface area (Å²) in [5.41, 5.74) is 0.396. The average molecular weight is 417 g/mol. The van der Waals surface area contributed by atoms with Crippen molar-refractivity contribution in [2.45, 2.75) is 6.18 Å². The van der Waals surface area contributed by atoms with Crippen LogP contribution in [0.4, 0.5) is 13.2 Å². The van der Waals surface area contributed by atoms with Gasteiger partial charge in [0, 0.05) is 3.57 Å². The summed E-state index contributed by atoms with van der Waals surface area (Å²) in [6.45, 7) is 0. The van der Waals surface area contributed by atoms with E-state index in [1.54, 1.807) is 18.2 Å². The Morgan fingerprint density at radius 1 is 0.895 bits per heavy atom. The van der Waals surface area contributed by atoms with E-state index in [-0.39, 0.29) is 0 Å². The average Bonchev–Trinajstić information content (AvgIpc) is 2.32. The van der Waals surface area contributed by atoms with Crippen LogP contribution < -0.4 is 0 Å². The molecule has 0 nitrogen and oxygen atoms in total. The standard InChI is InChI=1S/C13H6Cl2F3I/c14-10-3-1-7(5-11(10)15)9-6-8(13(16,17)18)2-4-12(9)19/h1-6H. The van der Waals surface area contributed by atoms with Gasteiger partial charge in [-0.05, 0) is 64.0 Å². The van der Waals surface area contributed by atoms with Gasteiger partial charge in [-0.1, -0.05) is 29.3 Å². The first-order valence-corrected chi connectivity index (χ1v) is 6.94. The lowest BCUT2D eigenvalue weighted by atomic mass is 10.0. The third-order valence-corrected chi connectivity index (χ3v) is 4.20. The molecule has 0 aliphatic heterocycles. The number of benzene rings is 2. The van der Waals surface area contributed by atoms with Gasteiger partial charge in [-0.15, -0.1) is 0 Å². The fraction of sp³-hybridized carbons (Fsp3) is 0.0769.